The van der Waals surface area contributed by atoms with Crippen molar-refractivity contribution in [2.24, 2.45) is 0 Å². The van der Waals surface area contributed by atoms with E-state index in [0.717, 1.165) is 17.7 Å². The van der Waals surface area contributed by atoms with Gasteiger partial charge in [-0.3, -0.25) is 4.21 Å². The molecule has 2 nitrogen and oxygen atoms in total. The number of hydrogen-bond donors (Lipinski definition) is 1. The molecule has 0 amide bonds. The van der Waals surface area contributed by atoms with E-state index >= 15 is 0 Å². The van der Waals surface area contributed by atoms with Crippen molar-refractivity contribution < 1.29 is 13.0 Å². The minimum absolute atomic E-state index is 0.0108. The molecular formula is C14H13F2NOS. The highest BCUT2D eigenvalue weighted by Crippen LogP contribution is 2.20. The third-order valence-corrected chi connectivity index (χ3v) is 4.27. The number of halogens is 2. The fourth-order valence-electron chi connectivity index (χ4n) is 1.79. The fourth-order valence-corrected chi connectivity index (χ4v) is 3.10. The van der Waals surface area contributed by atoms with Gasteiger partial charge in [0.05, 0.1) is 16.6 Å². The van der Waals surface area contributed by atoms with Crippen LogP contribution >= 0.6 is 0 Å². The number of anilines is 1. The van der Waals surface area contributed by atoms with Crippen molar-refractivity contribution in [3.63, 3.8) is 0 Å². The van der Waals surface area contributed by atoms with Gasteiger partial charge in [-0.15, -0.1) is 0 Å². The summed E-state index contributed by atoms with van der Waals surface area (Å²) in [4.78, 5) is 0.609. The van der Waals surface area contributed by atoms with Crippen LogP contribution in [0.15, 0.2) is 41.3 Å². The SMILES string of the molecule is Cc1cc(N)ccc1S(=O)Cc1ccc(F)cc1F. The first kappa shape index (κ1) is 13.7. The first-order chi connectivity index (χ1) is 8.97. The van der Waals surface area contributed by atoms with Crippen LogP contribution in [0.25, 0.3) is 0 Å². The summed E-state index contributed by atoms with van der Waals surface area (Å²) in [6, 6.07) is 8.31. The molecule has 0 radical (unpaired) electrons. The molecule has 2 aromatic carbocycles. The van der Waals surface area contributed by atoms with Gasteiger partial charge in [0.2, 0.25) is 0 Å². The lowest BCUT2D eigenvalue weighted by Crippen LogP contribution is -2.02. The molecule has 1 atom stereocenters. The van der Waals surface area contributed by atoms with Crippen LogP contribution in [-0.4, -0.2) is 4.21 Å². The predicted molar refractivity (Wildman–Crippen MR) is 72.1 cm³/mol. The standard InChI is InChI=1S/C14H13F2NOS/c1-9-6-12(17)4-5-14(9)19(18)8-10-2-3-11(15)7-13(10)16/h2-7H,8,17H2,1H3. The molecule has 0 heterocycles. The number of nitrogen functional groups attached to an aromatic ring is 1. The van der Waals surface area contributed by atoms with Crippen LogP contribution in [0, 0.1) is 18.6 Å². The van der Waals surface area contributed by atoms with Crippen LogP contribution < -0.4 is 5.73 Å². The van der Waals surface area contributed by atoms with Gasteiger partial charge in [0.15, 0.2) is 0 Å². The Balaban J connectivity index is 2.25. The molecular weight excluding hydrogens is 268 g/mol. The van der Waals surface area contributed by atoms with Gasteiger partial charge in [-0.1, -0.05) is 6.07 Å². The summed E-state index contributed by atoms with van der Waals surface area (Å²) < 4.78 is 38.5. The number of hydrogen-bond acceptors (Lipinski definition) is 2. The maximum absolute atomic E-state index is 13.5. The van der Waals surface area contributed by atoms with E-state index in [1.54, 1.807) is 25.1 Å². The molecule has 0 aliphatic heterocycles. The number of rotatable bonds is 3. The highest BCUT2D eigenvalue weighted by molar-refractivity contribution is 7.84. The van der Waals surface area contributed by atoms with Crippen molar-refractivity contribution in [1.29, 1.82) is 0 Å². The van der Waals surface area contributed by atoms with E-state index in [0.29, 0.717) is 10.6 Å². The van der Waals surface area contributed by atoms with Gasteiger partial charge in [-0.25, -0.2) is 8.78 Å². The Morgan fingerprint density at radius 1 is 1.16 bits per heavy atom. The Hall–Kier alpha value is -1.75. The Bertz CT molecular complexity index is 643. The first-order valence-electron chi connectivity index (χ1n) is 5.66. The van der Waals surface area contributed by atoms with Crippen LogP contribution in [0.2, 0.25) is 0 Å². The summed E-state index contributed by atoms with van der Waals surface area (Å²) in [6.45, 7) is 1.80. The lowest BCUT2D eigenvalue weighted by molar-refractivity contribution is 0.575. The minimum atomic E-state index is -1.39. The maximum Gasteiger partial charge on any atom is 0.130 e. The highest BCUT2D eigenvalue weighted by Gasteiger charge is 2.12. The Labute approximate surface area is 112 Å². The van der Waals surface area contributed by atoms with Gasteiger partial charge in [-0.05, 0) is 36.8 Å². The molecule has 0 aromatic heterocycles. The molecule has 0 aliphatic rings. The molecule has 2 N–H and O–H groups in total. The van der Waals surface area contributed by atoms with Crippen molar-refractivity contribution in [2.75, 3.05) is 5.73 Å². The van der Waals surface area contributed by atoms with Gasteiger partial charge < -0.3 is 5.73 Å². The van der Waals surface area contributed by atoms with Crippen molar-refractivity contribution in [3.8, 4) is 0 Å². The zero-order chi connectivity index (χ0) is 14.0. The molecule has 0 saturated heterocycles. The molecule has 1 unspecified atom stereocenters. The second-order valence-corrected chi connectivity index (χ2v) is 5.67. The van der Waals surface area contributed by atoms with E-state index in [1.807, 2.05) is 0 Å². The van der Waals surface area contributed by atoms with Crippen LogP contribution in [0.3, 0.4) is 0 Å². The van der Waals surface area contributed by atoms with E-state index in [9.17, 15) is 13.0 Å². The second-order valence-electron chi connectivity index (χ2n) is 4.25. The maximum atomic E-state index is 13.5. The Kier molecular flexibility index (Phi) is 3.95. The van der Waals surface area contributed by atoms with Gasteiger partial charge in [0.1, 0.15) is 11.6 Å². The van der Waals surface area contributed by atoms with Crippen LogP contribution in [0.1, 0.15) is 11.1 Å². The Morgan fingerprint density at radius 2 is 1.89 bits per heavy atom. The quantitative estimate of drug-likeness (QED) is 0.878. The molecule has 19 heavy (non-hydrogen) atoms. The smallest absolute Gasteiger partial charge is 0.130 e. The zero-order valence-corrected chi connectivity index (χ0v) is 11.1. The van der Waals surface area contributed by atoms with Crippen molar-refractivity contribution in [3.05, 3.63) is 59.2 Å². The topological polar surface area (TPSA) is 43.1 Å². The monoisotopic (exact) mass is 281 g/mol. The van der Waals surface area contributed by atoms with E-state index in [4.69, 9.17) is 5.73 Å². The normalized spacial score (nSPS) is 12.4. The molecule has 5 heteroatoms. The first-order valence-corrected chi connectivity index (χ1v) is 6.97. The lowest BCUT2D eigenvalue weighted by atomic mass is 10.2. The van der Waals surface area contributed by atoms with Crippen molar-refractivity contribution in [1.82, 2.24) is 0 Å². The summed E-state index contributed by atoms with van der Waals surface area (Å²) in [6.07, 6.45) is 0. The minimum Gasteiger partial charge on any atom is -0.399 e. The van der Waals surface area contributed by atoms with E-state index < -0.39 is 22.4 Å². The fraction of sp³-hybridized carbons (Fsp3) is 0.143. The summed E-state index contributed by atoms with van der Waals surface area (Å²) in [5, 5.41) is 0. The highest BCUT2D eigenvalue weighted by atomic mass is 32.2. The number of benzene rings is 2. The van der Waals surface area contributed by atoms with Crippen LogP contribution in [-0.2, 0) is 16.6 Å². The lowest BCUT2D eigenvalue weighted by Gasteiger charge is -2.07. The molecule has 100 valence electrons. The molecule has 0 saturated carbocycles. The van der Waals surface area contributed by atoms with Gasteiger partial charge in [0.25, 0.3) is 0 Å². The van der Waals surface area contributed by atoms with E-state index in [2.05, 4.69) is 0 Å². The van der Waals surface area contributed by atoms with Crippen LogP contribution in [0.4, 0.5) is 14.5 Å². The largest absolute Gasteiger partial charge is 0.399 e. The van der Waals surface area contributed by atoms with Crippen molar-refractivity contribution >= 4 is 16.5 Å². The van der Waals surface area contributed by atoms with Crippen molar-refractivity contribution in [2.45, 2.75) is 17.6 Å². The molecule has 0 bridgehead atoms. The summed E-state index contributed by atoms with van der Waals surface area (Å²) >= 11 is 0. The second kappa shape index (κ2) is 5.48. The summed E-state index contributed by atoms with van der Waals surface area (Å²) in [5.41, 5.74) is 7.23. The predicted octanol–water partition coefficient (Wildman–Crippen LogP) is 3.16. The average molecular weight is 281 g/mol. The van der Waals surface area contributed by atoms with E-state index in [-0.39, 0.29) is 11.3 Å². The van der Waals surface area contributed by atoms with Gasteiger partial charge in [-0.2, -0.15) is 0 Å². The van der Waals surface area contributed by atoms with Gasteiger partial charge in [0, 0.05) is 22.2 Å². The number of nitrogens with two attached hydrogens (primary N) is 1. The van der Waals surface area contributed by atoms with E-state index in [1.165, 1.54) is 6.07 Å². The molecule has 2 aromatic rings. The third-order valence-electron chi connectivity index (χ3n) is 2.75. The summed E-state index contributed by atoms with van der Waals surface area (Å²) in [5.74, 6) is -1.31. The molecule has 0 spiro atoms. The molecule has 0 aliphatic carbocycles. The molecule has 2 rings (SSSR count). The number of aryl methyl sites for hydroxylation is 1. The average Bonchev–Trinajstić information content (AvgIpc) is 2.32. The third kappa shape index (κ3) is 3.17. The molecule has 0 fully saturated rings. The summed E-state index contributed by atoms with van der Waals surface area (Å²) in [7, 11) is -1.39. The van der Waals surface area contributed by atoms with Gasteiger partial charge >= 0.3 is 0 Å². The van der Waals surface area contributed by atoms with Crippen LogP contribution in [0.5, 0.6) is 0 Å². The zero-order valence-electron chi connectivity index (χ0n) is 10.3. The Morgan fingerprint density at radius 3 is 2.53 bits per heavy atom.